The second kappa shape index (κ2) is 5.73. The molecular formula is C18H14N2O4. The van der Waals surface area contributed by atoms with Crippen LogP contribution in [0.5, 0.6) is 0 Å². The predicted octanol–water partition coefficient (Wildman–Crippen LogP) is 2.26. The van der Waals surface area contributed by atoms with E-state index in [1.807, 2.05) is 32.0 Å². The van der Waals surface area contributed by atoms with Crippen molar-refractivity contribution in [3.8, 4) is 0 Å². The largest absolute Gasteiger partial charge is 0.318 e. The maximum Gasteiger partial charge on any atom is 0.296 e. The number of aryl methyl sites for hydroxylation is 2. The second-order valence-corrected chi connectivity index (χ2v) is 5.61. The average molecular weight is 322 g/mol. The molecule has 120 valence electrons. The Hall–Kier alpha value is -3.28. The second-order valence-electron chi connectivity index (χ2n) is 5.61. The Balaban J connectivity index is 0.000000141. The molecule has 0 saturated carbocycles. The van der Waals surface area contributed by atoms with Gasteiger partial charge in [0.05, 0.1) is 22.5 Å². The highest BCUT2D eigenvalue weighted by Crippen LogP contribution is 2.25. The maximum atomic E-state index is 11.2. The average Bonchev–Trinajstić information content (AvgIpc) is 2.98. The van der Waals surface area contributed by atoms with Gasteiger partial charge in [0.2, 0.25) is 0 Å². The number of ketones is 2. The fourth-order valence-electron chi connectivity index (χ4n) is 2.63. The van der Waals surface area contributed by atoms with Crippen molar-refractivity contribution in [1.29, 1.82) is 0 Å². The lowest BCUT2D eigenvalue weighted by Gasteiger charge is -1.97. The molecular weight excluding hydrogens is 308 g/mol. The van der Waals surface area contributed by atoms with Gasteiger partial charge in [0.15, 0.2) is 0 Å². The van der Waals surface area contributed by atoms with Gasteiger partial charge in [-0.25, -0.2) is 0 Å². The van der Waals surface area contributed by atoms with Crippen LogP contribution < -0.4 is 10.6 Å². The Morgan fingerprint density at radius 3 is 2.12 bits per heavy atom. The Labute approximate surface area is 137 Å². The van der Waals surface area contributed by atoms with Gasteiger partial charge in [-0.3, -0.25) is 19.2 Å². The molecule has 2 heterocycles. The van der Waals surface area contributed by atoms with Gasteiger partial charge in [0.25, 0.3) is 23.4 Å². The van der Waals surface area contributed by atoms with Crippen LogP contribution in [0.4, 0.5) is 11.4 Å². The van der Waals surface area contributed by atoms with E-state index in [0.29, 0.717) is 22.5 Å². The highest BCUT2D eigenvalue weighted by atomic mass is 16.2. The fraction of sp³-hybridized carbons (Fsp3) is 0.111. The Bertz CT molecular complexity index is 915. The van der Waals surface area contributed by atoms with Crippen LogP contribution in [-0.4, -0.2) is 23.4 Å². The third-order valence-corrected chi connectivity index (χ3v) is 3.83. The van der Waals surface area contributed by atoms with Crippen LogP contribution in [0.3, 0.4) is 0 Å². The third-order valence-electron chi connectivity index (χ3n) is 3.83. The molecule has 0 saturated heterocycles. The monoisotopic (exact) mass is 322 g/mol. The molecule has 2 amide bonds. The van der Waals surface area contributed by atoms with E-state index in [4.69, 9.17) is 0 Å². The Kier molecular flexibility index (Phi) is 3.73. The van der Waals surface area contributed by atoms with Crippen LogP contribution in [0.15, 0.2) is 36.4 Å². The first-order valence-electron chi connectivity index (χ1n) is 7.30. The molecule has 2 N–H and O–H groups in total. The number of nitrogens with one attached hydrogen (secondary N) is 2. The van der Waals surface area contributed by atoms with E-state index >= 15 is 0 Å². The van der Waals surface area contributed by atoms with Gasteiger partial charge >= 0.3 is 0 Å². The van der Waals surface area contributed by atoms with Crippen molar-refractivity contribution in [3.63, 3.8) is 0 Å². The molecule has 0 unspecified atom stereocenters. The van der Waals surface area contributed by atoms with Crippen molar-refractivity contribution in [1.82, 2.24) is 0 Å². The van der Waals surface area contributed by atoms with E-state index in [1.165, 1.54) is 0 Å². The minimum absolute atomic E-state index is 0.428. The van der Waals surface area contributed by atoms with Crippen molar-refractivity contribution in [2.75, 3.05) is 10.6 Å². The summed E-state index contributed by atoms with van der Waals surface area (Å²) < 4.78 is 0. The number of hydrogen-bond acceptors (Lipinski definition) is 4. The van der Waals surface area contributed by atoms with Gasteiger partial charge in [0, 0.05) is 0 Å². The molecule has 0 fully saturated rings. The van der Waals surface area contributed by atoms with E-state index in [2.05, 4.69) is 10.6 Å². The fourth-order valence-corrected chi connectivity index (χ4v) is 2.63. The number of anilines is 2. The first-order chi connectivity index (χ1) is 11.4. The summed E-state index contributed by atoms with van der Waals surface area (Å²) in [5, 5.41) is 5.00. The molecule has 6 nitrogen and oxygen atoms in total. The van der Waals surface area contributed by atoms with Crippen LogP contribution in [-0.2, 0) is 9.59 Å². The number of hydrogen-bond donors (Lipinski definition) is 2. The lowest BCUT2D eigenvalue weighted by Crippen LogP contribution is -2.12. The Morgan fingerprint density at radius 2 is 1.42 bits per heavy atom. The highest BCUT2D eigenvalue weighted by molar-refractivity contribution is 6.52. The molecule has 0 aliphatic carbocycles. The molecule has 2 aliphatic heterocycles. The molecule has 0 radical (unpaired) electrons. The van der Waals surface area contributed by atoms with E-state index in [0.717, 1.165) is 11.1 Å². The summed E-state index contributed by atoms with van der Waals surface area (Å²) in [5.74, 6) is -1.93. The minimum Gasteiger partial charge on any atom is -0.318 e. The summed E-state index contributed by atoms with van der Waals surface area (Å²) in [6.45, 7) is 3.73. The van der Waals surface area contributed by atoms with E-state index in [9.17, 15) is 19.2 Å². The first-order valence-corrected chi connectivity index (χ1v) is 7.30. The Morgan fingerprint density at radius 1 is 0.750 bits per heavy atom. The summed E-state index contributed by atoms with van der Waals surface area (Å²) in [4.78, 5) is 44.1. The number of carbonyl (C=O) groups excluding carboxylic acids is 4. The lowest BCUT2D eigenvalue weighted by molar-refractivity contribution is -0.112. The predicted molar refractivity (Wildman–Crippen MR) is 88.3 cm³/mol. The quantitative estimate of drug-likeness (QED) is 0.728. The van der Waals surface area contributed by atoms with Crippen LogP contribution in [0.2, 0.25) is 0 Å². The molecule has 2 aromatic carbocycles. The summed E-state index contributed by atoms with van der Waals surface area (Å²) in [6.07, 6.45) is 0. The zero-order valence-electron chi connectivity index (χ0n) is 13.1. The van der Waals surface area contributed by atoms with Crippen LogP contribution in [0, 0.1) is 13.8 Å². The molecule has 24 heavy (non-hydrogen) atoms. The van der Waals surface area contributed by atoms with Crippen molar-refractivity contribution in [3.05, 3.63) is 58.7 Å². The standard InChI is InChI=1S/2C9H7NO2/c1-5-2-3-6-7(4-5)10-9(12)8(6)11;1-5-3-2-4-6-7(5)8(11)9(12)10-6/h2*2-4H,1H3,(H,10,11,12). The number of carbonyl (C=O) groups is 4. The van der Waals surface area contributed by atoms with Gasteiger partial charge in [-0.15, -0.1) is 0 Å². The smallest absolute Gasteiger partial charge is 0.296 e. The summed E-state index contributed by atoms with van der Waals surface area (Å²) in [5.41, 5.74) is 4.13. The van der Waals surface area contributed by atoms with Gasteiger partial charge in [0.1, 0.15) is 0 Å². The SMILES string of the molecule is Cc1ccc2c(c1)NC(=O)C2=O.Cc1cccc2c1C(=O)C(=O)N2. The minimum atomic E-state index is -0.532. The maximum absolute atomic E-state index is 11.2. The number of Topliss-reactive ketones (excluding diaryl/α,β-unsaturated/α-hetero) is 2. The number of fused-ring (bicyclic) bond motifs is 2. The molecule has 0 bridgehead atoms. The van der Waals surface area contributed by atoms with E-state index in [-0.39, 0.29) is 0 Å². The lowest BCUT2D eigenvalue weighted by atomic mass is 10.1. The van der Waals surface area contributed by atoms with Crippen LogP contribution in [0.1, 0.15) is 31.8 Å². The summed E-state index contributed by atoms with van der Waals surface area (Å²) in [6, 6.07) is 10.6. The van der Waals surface area contributed by atoms with E-state index in [1.54, 1.807) is 18.2 Å². The number of benzene rings is 2. The number of rotatable bonds is 0. The molecule has 6 heteroatoms. The van der Waals surface area contributed by atoms with Gasteiger partial charge in [-0.1, -0.05) is 18.2 Å². The normalized spacial score (nSPS) is 14.4. The molecule has 0 aromatic heterocycles. The van der Waals surface area contributed by atoms with Crippen LogP contribution >= 0.6 is 0 Å². The molecule has 0 atom stereocenters. The van der Waals surface area contributed by atoms with Crippen molar-refractivity contribution >= 4 is 34.8 Å². The van der Waals surface area contributed by atoms with Gasteiger partial charge in [-0.2, -0.15) is 0 Å². The first kappa shape index (κ1) is 15.6. The van der Waals surface area contributed by atoms with Gasteiger partial charge < -0.3 is 10.6 Å². The van der Waals surface area contributed by atoms with Crippen molar-refractivity contribution in [2.24, 2.45) is 0 Å². The van der Waals surface area contributed by atoms with Gasteiger partial charge in [-0.05, 0) is 43.2 Å². The molecule has 2 aliphatic rings. The summed E-state index contributed by atoms with van der Waals surface area (Å²) in [7, 11) is 0. The zero-order valence-corrected chi connectivity index (χ0v) is 13.1. The molecule has 2 aromatic rings. The highest BCUT2D eigenvalue weighted by Gasteiger charge is 2.29. The third kappa shape index (κ3) is 2.58. The number of amides is 2. The molecule has 0 spiro atoms. The zero-order chi connectivity index (χ0) is 17.4. The van der Waals surface area contributed by atoms with Crippen molar-refractivity contribution < 1.29 is 19.2 Å². The van der Waals surface area contributed by atoms with Crippen molar-refractivity contribution in [2.45, 2.75) is 13.8 Å². The molecule has 4 rings (SSSR count). The topological polar surface area (TPSA) is 92.3 Å². The van der Waals surface area contributed by atoms with E-state index < -0.39 is 23.4 Å². The summed E-state index contributed by atoms with van der Waals surface area (Å²) >= 11 is 0. The van der Waals surface area contributed by atoms with Crippen LogP contribution in [0.25, 0.3) is 0 Å².